The van der Waals surface area contributed by atoms with Crippen molar-refractivity contribution in [3.63, 3.8) is 0 Å². The van der Waals surface area contributed by atoms with Gasteiger partial charge in [-0.1, -0.05) is 81.9 Å². The molecule has 4 rings (SSSR count). The van der Waals surface area contributed by atoms with Crippen LogP contribution < -0.4 is 0 Å². The van der Waals surface area contributed by atoms with Gasteiger partial charge in [-0.15, -0.1) is 0 Å². The number of Topliss-reactive ketones (excluding diaryl/α,β-unsaturated/α-hetero) is 1. The van der Waals surface area contributed by atoms with Gasteiger partial charge in [0.05, 0.1) is 0 Å². The quantitative estimate of drug-likeness (QED) is 0.360. The maximum absolute atomic E-state index is 12.9. The molecule has 0 N–H and O–H groups in total. The first-order chi connectivity index (χ1) is 16.2. The summed E-state index contributed by atoms with van der Waals surface area (Å²) < 4.78 is 0. The minimum atomic E-state index is 0.271. The number of halogens is 2. The second-order valence-corrected chi connectivity index (χ2v) is 10.7. The zero-order valence-corrected chi connectivity index (χ0v) is 21.9. The second-order valence-electron chi connectivity index (χ2n) is 9.78. The Kier molecular flexibility index (Phi) is 7.65. The number of ketones is 1. The Morgan fingerprint density at radius 2 is 1.12 bits per heavy atom. The fraction of sp³-hybridized carbons (Fsp3) is 0.323. The first-order valence-electron chi connectivity index (χ1n) is 12.0. The summed E-state index contributed by atoms with van der Waals surface area (Å²) in [5.74, 6) is 0.818. The van der Waals surface area contributed by atoms with Crippen LogP contribution in [0, 0.1) is 0 Å². The normalized spacial score (nSPS) is 19.6. The van der Waals surface area contributed by atoms with E-state index in [1.807, 2.05) is 24.3 Å². The maximum Gasteiger partial charge on any atom is 0.133 e. The molecule has 0 aliphatic heterocycles. The van der Waals surface area contributed by atoms with Gasteiger partial charge >= 0.3 is 0 Å². The van der Waals surface area contributed by atoms with Crippen LogP contribution in [-0.4, -0.2) is 5.78 Å². The summed E-state index contributed by atoms with van der Waals surface area (Å²) in [7, 11) is 0. The lowest BCUT2D eigenvalue weighted by molar-refractivity contribution is -0.119. The largest absolute Gasteiger partial charge is 0.300 e. The van der Waals surface area contributed by atoms with Crippen molar-refractivity contribution in [3.8, 4) is 0 Å². The number of benzene rings is 2. The average Bonchev–Trinajstić information content (AvgIpc) is 3.30. The highest BCUT2D eigenvalue weighted by Crippen LogP contribution is 2.37. The summed E-state index contributed by atoms with van der Waals surface area (Å²) in [6.45, 7) is 8.60. The number of rotatable bonds is 8. The van der Waals surface area contributed by atoms with Crippen LogP contribution in [0.4, 0.5) is 0 Å². The SMILES string of the molecule is CC1=CC(c2ccc(Cl)cc2CCC(=O)CCc2cc(Cl)ccc2C2C=C(C)C=C2C)C(C)=C1. The van der Waals surface area contributed by atoms with Crippen molar-refractivity contribution < 1.29 is 4.79 Å². The van der Waals surface area contributed by atoms with E-state index in [1.54, 1.807) is 0 Å². The van der Waals surface area contributed by atoms with E-state index in [-0.39, 0.29) is 17.6 Å². The van der Waals surface area contributed by atoms with Gasteiger partial charge in [0.1, 0.15) is 5.78 Å². The lowest BCUT2D eigenvalue weighted by Crippen LogP contribution is -2.07. The Balaban J connectivity index is 1.44. The third-order valence-electron chi connectivity index (χ3n) is 6.98. The fourth-order valence-corrected chi connectivity index (χ4v) is 5.70. The summed E-state index contributed by atoms with van der Waals surface area (Å²) in [6, 6.07) is 12.2. The molecule has 2 aliphatic rings. The molecule has 0 heterocycles. The van der Waals surface area contributed by atoms with Gasteiger partial charge in [0.25, 0.3) is 0 Å². The lowest BCUT2D eigenvalue weighted by Gasteiger charge is -2.17. The Morgan fingerprint density at radius 1 is 0.706 bits per heavy atom. The van der Waals surface area contributed by atoms with E-state index in [2.05, 4.69) is 64.1 Å². The minimum Gasteiger partial charge on any atom is -0.300 e. The molecule has 176 valence electrons. The summed E-state index contributed by atoms with van der Waals surface area (Å²) in [5.41, 5.74) is 10.1. The smallest absolute Gasteiger partial charge is 0.133 e. The minimum absolute atomic E-state index is 0.271. The second kappa shape index (κ2) is 10.5. The van der Waals surface area contributed by atoms with Crippen LogP contribution in [0.15, 0.2) is 83.0 Å². The molecule has 2 aromatic rings. The van der Waals surface area contributed by atoms with E-state index in [1.165, 1.54) is 44.5 Å². The molecule has 0 fully saturated rings. The van der Waals surface area contributed by atoms with Crippen molar-refractivity contribution in [2.75, 3.05) is 0 Å². The molecule has 2 aromatic carbocycles. The third kappa shape index (κ3) is 5.65. The molecule has 0 amide bonds. The van der Waals surface area contributed by atoms with Gasteiger partial charge in [0.15, 0.2) is 0 Å². The summed E-state index contributed by atoms with van der Waals surface area (Å²) in [6.07, 6.45) is 11.5. The summed E-state index contributed by atoms with van der Waals surface area (Å²) in [5, 5.41) is 1.44. The molecule has 3 heteroatoms. The Labute approximate surface area is 213 Å². The molecule has 2 atom stereocenters. The van der Waals surface area contributed by atoms with Crippen LogP contribution in [0.5, 0.6) is 0 Å². The fourth-order valence-electron chi connectivity index (χ4n) is 5.31. The van der Waals surface area contributed by atoms with Crippen molar-refractivity contribution in [1.29, 1.82) is 0 Å². The first kappa shape index (κ1) is 24.8. The molecule has 0 saturated heterocycles. The molecule has 0 bridgehead atoms. The van der Waals surface area contributed by atoms with Gasteiger partial charge < -0.3 is 0 Å². The number of allylic oxidation sites excluding steroid dienone is 8. The lowest BCUT2D eigenvalue weighted by atomic mass is 9.87. The number of aryl methyl sites for hydroxylation is 2. The van der Waals surface area contributed by atoms with E-state index in [0.29, 0.717) is 25.7 Å². The predicted octanol–water partition coefficient (Wildman–Crippen LogP) is 9.11. The summed E-state index contributed by atoms with van der Waals surface area (Å²) >= 11 is 12.6. The molecule has 0 saturated carbocycles. The van der Waals surface area contributed by atoms with Gasteiger partial charge in [-0.2, -0.15) is 0 Å². The average molecular weight is 492 g/mol. The van der Waals surface area contributed by atoms with Gasteiger partial charge in [-0.3, -0.25) is 4.79 Å². The zero-order valence-electron chi connectivity index (χ0n) is 20.4. The number of hydrogen-bond acceptors (Lipinski definition) is 1. The molecule has 1 nitrogen and oxygen atoms in total. The first-order valence-corrected chi connectivity index (χ1v) is 12.8. The van der Waals surface area contributed by atoms with Crippen molar-refractivity contribution in [3.05, 3.63) is 115 Å². The molecular weight excluding hydrogens is 459 g/mol. The molecule has 0 aromatic heterocycles. The Morgan fingerprint density at radius 3 is 1.47 bits per heavy atom. The van der Waals surface area contributed by atoms with Gasteiger partial charge in [0, 0.05) is 34.7 Å². The molecule has 0 spiro atoms. The van der Waals surface area contributed by atoms with Gasteiger partial charge in [-0.05, 0) is 87.1 Å². The Bertz CT molecular complexity index is 1150. The van der Waals surface area contributed by atoms with Crippen molar-refractivity contribution >= 4 is 29.0 Å². The molecule has 2 unspecified atom stereocenters. The molecular formula is C31H32Cl2O. The number of carbonyl (C=O) groups is 1. The van der Waals surface area contributed by atoms with Gasteiger partial charge in [0.2, 0.25) is 0 Å². The van der Waals surface area contributed by atoms with Crippen LogP contribution in [0.3, 0.4) is 0 Å². The van der Waals surface area contributed by atoms with E-state index in [9.17, 15) is 4.79 Å². The topological polar surface area (TPSA) is 17.1 Å². The monoisotopic (exact) mass is 490 g/mol. The van der Waals surface area contributed by atoms with Gasteiger partial charge in [-0.25, -0.2) is 0 Å². The summed E-state index contributed by atoms with van der Waals surface area (Å²) in [4.78, 5) is 12.9. The van der Waals surface area contributed by atoms with E-state index >= 15 is 0 Å². The van der Waals surface area contributed by atoms with Crippen LogP contribution in [-0.2, 0) is 17.6 Å². The molecule has 2 aliphatic carbocycles. The maximum atomic E-state index is 12.9. The van der Waals surface area contributed by atoms with Crippen LogP contribution in [0.2, 0.25) is 10.0 Å². The van der Waals surface area contributed by atoms with Crippen LogP contribution in [0.1, 0.15) is 74.6 Å². The molecule has 34 heavy (non-hydrogen) atoms. The van der Waals surface area contributed by atoms with E-state index in [0.717, 1.165) is 10.0 Å². The standard InChI is InChI=1S/C31H32Cl2O/c1-19-13-21(3)30(15-19)28-11-7-25(32)17-23(28)5-9-27(34)10-6-24-18-26(33)8-12-29(24)31-16-20(2)14-22(31)4/h7-8,11-18,30-31H,5-6,9-10H2,1-4H3. The third-order valence-corrected chi connectivity index (χ3v) is 7.45. The number of hydrogen-bond donors (Lipinski definition) is 0. The van der Waals surface area contributed by atoms with Crippen molar-refractivity contribution in [2.45, 2.75) is 65.2 Å². The highest BCUT2D eigenvalue weighted by molar-refractivity contribution is 6.31. The number of carbonyl (C=O) groups excluding carboxylic acids is 1. The van der Waals surface area contributed by atoms with Crippen LogP contribution in [0.25, 0.3) is 0 Å². The van der Waals surface area contributed by atoms with E-state index in [4.69, 9.17) is 23.2 Å². The zero-order chi connectivity index (χ0) is 24.4. The highest BCUT2D eigenvalue weighted by Gasteiger charge is 2.21. The highest BCUT2D eigenvalue weighted by atomic mass is 35.5. The Hall–Kier alpha value is -2.35. The van der Waals surface area contributed by atoms with Crippen LogP contribution >= 0.6 is 23.2 Å². The van der Waals surface area contributed by atoms with Crippen molar-refractivity contribution in [1.82, 2.24) is 0 Å². The molecule has 0 radical (unpaired) electrons. The predicted molar refractivity (Wildman–Crippen MR) is 145 cm³/mol. The van der Waals surface area contributed by atoms with E-state index < -0.39 is 0 Å². The van der Waals surface area contributed by atoms with Crippen molar-refractivity contribution in [2.24, 2.45) is 0 Å².